The zero-order chi connectivity index (χ0) is 39.2. The predicted octanol–water partition coefficient (Wildman–Crippen LogP) is 11.5. The second-order valence-electron chi connectivity index (χ2n) is 14.3. The van der Waals surface area contributed by atoms with Gasteiger partial charge in [-0.15, -0.1) is 0 Å². The van der Waals surface area contributed by atoms with E-state index in [1.165, 1.54) is 22.3 Å². The molecule has 0 saturated carbocycles. The van der Waals surface area contributed by atoms with Gasteiger partial charge in [0.15, 0.2) is 7.14 Å². The van der Waals surface area contributed by atoms with E-state index in [0.717, 1.165) is 32.9 Å². The quantitative estimate of drug-likeness (QED) is 0.138. The summed E-state index contributed by atoms with van der Waals surface area (Å²) in [6.07, 6.45) is 0. The summed E-state index contributed by atoms with van der Waals surface area (Å²) in [5.74, 6) is 0. The van der Waals surface area contributed by atoms with E-state index in [2.05, 4.69) is 45.0 Å². The first-order valence-corrected chi connectivity index (χ1v) is 22.1. The molecule has 0 heterocycles. The van der Waals surface area contributed by atoms with Crippen molar-refractivity contribution in [2.24, 2.45) is 0 Å². The molecule has 7 aromatic rings. The first-order chi connectivity index (χ1) is 26.5. The summed E-state index contributed by atoms with van der Waals surface area (Å²) >= 11 is 0. The van der Waals surface area contributed by atoms with Crippen molar-refractivity contribution in [2.75, 3.05) is 0 Å². The molecule has 1 unspecified atom stereocenters. The summed E-state index contributed by atoms with van der Waals surface area (Å²) in [6, 6.07) is 56.8. The first-order valence-electron chi connectivity index (χ1n) is 18.6. The topological polar surface area (TPSA) is 51.2 Å². The van der Waals surface area contributed by atoms with Crippen molar-refractivity contribution in [1.29, 1.82) is 0 Å². The standard InChI is InChI=1S/C28H27OP.C22H21O2P/c1-21-19-22(2)27(23(3)20-21)28(24-13-7-4-8-14-24)30(29,25-15-9-5-10-16-25)26-17-11-6-12-18-26;1-16-14-17(2)21(18(3)15-16)22(23)25(24,19-10-6-4-7-11-19)20-12-8-5-9-13-20/h4-20,28H,1-3H3;4-15H,1-3H3. The highest BCUT2D eigenvalue weighted by Crippen LogP contribution is 2.61. The van der Waals surface area contributed by atoms with E-state index in [1.54, 1.807) is 24.3 Å². The summed E-state index contributed by atoms with van der Waals surface area (Å²) in [5, 5.41) is 2.94. The fraction of sp³-hybridized carbons (Fsp3) is 0.140. The summed E-state index contributed by atoms with van der Waals surface area (Å²) in [7, 11) is -6.49. The van der Waals surface area contributed by atoms with Crippen molar-refractivity contribution in [1.82, 2.24) is 0 Å². The van der Waals surface area contributed by atoms with Crippen LogP contribution < -0.4 is 21.2 Å². The molecule has 7 rings (SSSR count). The number of hydrogen-bond donors (Lipinski definition) is 0. The van der Waals surface area contributed by atoms with Gasteiger partial charge in [-0.1, -0.05) is 187 Å². The van der Waals surface area contributed by atoms with Crippen LogP contribution in [0.5, 0.6) is 0 Å². The number of carbonyl (C=O) groups is 1. The molecular weight excluding hydrogens is 710 g/mol. The van der Waals surface area contributed by atoms with Crippen molar-refractivity contribution in [3.8, 4) is 0 Å². The molecule has 7 aromatic carbocycles. The Morgan fingerprint density at radius 3 is 1.09 bits per heavy atom. The van der Waals surface area contributed by atoms with Crippen molar-refractivity contribution in [3.05, 3.63) is 226 Å². The monoisotopic (exact) mass is 758 g/mol. The lowest BCUT2D eigenvalue weighted by atomic mass is 9.94. The molecule has 0 fully saturated rings. The Morgan fingerprint density at radius 2 is 0.727 bits per heavy atom. The van der Waals surface area contributed by atoms with Gasteiger partial charge in [-0.2, -0.15) is 0 Å². The van der Waals surface area contributed by atoms with Gasteiger partial charge in [0.2, 0.25) is 12.7 Å². The van der Waals surface area contributed by atoms with Gasteiger partial charge in [0.25, 0.3) is 0 Å². The normalized spacial score (nSPS) is 12.0. The Morgan fingerprint density at radius 1 is 0.418 bits per heavy atom. The van der Waals surface area contributed by atoms with Gasteiger partial charge in [0.05, 0.1) is 5.66 Å². The van der Waals surface area contributed by atoms with Gasteiger partial charge in [-0.3, -0.25) is 4.79 Å². The number of benzene rings is 7. The fourth-order valence-electron chi connectivity index (χ4n) is 7.90. The minimum absolute atomic E-state index is 0.246. The molecule has 1 atom stereocenters. The summed E-state index contributed by atoms with van der Waals surface area (Å²) < 4.78 is 29.5. The molecule has 0 saturated heterocycles. The molecule has 0 aromatic heterocycles. The van der Waals surface area contributed by atoms with Crippen LogP contribution in [0.15, 0.2) is 176 Å². The SMILES string of the molecule is Cc1cc(C)c(C(=O)P(=O)(c2ccccc2)c2ccccc2)c(C)c1.Cc1cc(C)c(C(c2ccccc2)P(=O)(c2ccccc2)c2ccccc2)c(C)c1. The minimum Gasteiger partial charge on any atom is -0.313 e. The third kappa shape index (κ3) is 8.06. The van der Waals surface area contributed by atoms with Crippen LogP contribution in [0.25, 0.3) is 0 Å². The maximum atomic E-state index is 15.3. The molecule has 0 amide bonds. The largest absolute Gasteiger partial charge is 0.313 e. The molecule has 5 heteroatoms. The molecule has 0 aliphatic rings. The molecular formula is C50H48O3P2. The van der Waals surface area contributed by atoms with Crippen LogP contribution in [0.1, 0.15) is 60.5 Å². The Kier molecular flexibility index (Phi) is 12.2. The van der Waals surface area contributed by atoms with Crippen LogP contribution in [-0.2, 0) is 9.13 Å². The molecule has 276 valence electrons. The molecule has 0 bridgehead atoms. The van der Waals surface area contributed by atoms with Crippen molar-refractivity contribution in [2.45, 2.75) is 47.2 Å². The van der Waals surface area contributed by atoms with E-state index in [9.17, 15) is 9.36 Å². The van der Waals surface area contributed by atoms with Crippen LogP contribution in [0.4, 0.5) is 0 Å². The van der Waals surface area contributed by atoms with E-state index < -0.39 is 14.3 Å². The van der Waals surface area contributed by atoms with Gasteiger partial charge in [0, 0.05) is 26.8 Å². The second-order valence-corrected chi connectivity index (χ2v) is 19.8. The molecule has 0 aliphatic carbocycles. The average Bonchev–Trinajstić information content (AvgIpc) is 3.20. The lowest BCUT2D eigenvalue weighted by Gasteiger charge is -2.32. The highest BCUT2D eigenvalue weighted by molar-refractivity contribution is 7.93. The minimum atomic E-state index is -3.44. The van der Waals surface area contributed by atoms with Crippen LogP contribution in [-0.4, -0.2) is 5.52 Å². The van der Waals surface area contributed by atoms with E-state index in [0.29, 0.717) is 16.2 Å². The predicted molar refractivity (Wildman–Crippen MR) is 233 cm³/mol. The van der Waals surface area contributed by atoms with Crippen LogP contribution in [0, 0.1) is 41.5 Å². The molecule has 0 N–H and O–H groups in total. The molecule has 0 aliphatic heterocycles. The molecule has 0 radical (unpaired) electrons. The van der Waals surface area contributed by atoms with E-state index in [-0.39, 0.29) is 11.2 Å². The van der Waals surface area contributed by atoms with Gasteiger partial charge < -0.3 is 9.13 Å². The van der Waals surface area contributed by atoms with Crippen LogP contribution in [0.2, 0.25) is 0 Å². The summed E-state index contributed by atoms with van der Waals surface area (Å²) in [5.41, 5.74) is 8.73. The maximum Gasteiger partial charge on any atom is 0.230 e. The zero-order valence-electron chi connectivity index (χ0n) is 32.4. The van der Waals surface area contributed by atoms with Gasteiger partial charge in [-0.05, 0) is 74.9 Å². The third-order valence-corrected chi connectivity index (χ3v) is 16.4. The summed E-state index contributed by atoms with van der Waals surface area (Å²) in [6.45, 7) is 12.2. The number of aryl methyl sites for hydroxylation is 6. The Balaban J connectivity index is 0.000000190. The van der Waals surface area contributed by atoms with Gasteiger partial charge in [-0.25, -0.2) is 0 Å². The van der Waals surface area contributed by atoms with Gasteiger partial charge in [0.1, 0.15) is 0 Å². The molecule has 0 spiro atoms. The van der Waals surface area contributed by atoms with Crippen LogP contribution >= 0.6 is 14.3 Å². The average molecular weight is 759 g/mol. The van der Waals surface area contributed by atoms with Crippen molar-refractivity contribution >= 4 is 41.0 Å². The number of rotatable bonds is 9. The Bertz CT molecular complexity index is 2360. The highest BCUT2D eigenvalue weighted by Gasteiger charge is 2.40. The molecule has 55 heavy (non-hydrogen) atoms. The van der Waals surface area contributed by atoms with Gasteiger partial charge >= 0.3 is 0 Å². The lowest BCUT2D eigenvalue weighted by Crippen LogP contribution is -2.23. The first kappa shape index (κ1) is 39.4. The van der Waals surface area contributed by atoms with Crippen LogP contribution in [0.3, 0.4) is 0 Å². The van der Waals surface area contributed by atoms with E-state index in [4.69, 9.17) is 0 Å². The third-order valence-electron chi connectivity index (χ3n) is 10.2. The van der Waals surface area contributed by atoms with E-state index in [1.807, 2.05) is 148 Å². The smallest absolute Gasteiger partial charge is 0.230 e. The Hall–Kier alpha value is -5.33. The fourth-order valence-corrected chi connectivity index (χ4v) is 14.0. The second kappa shape index (κ2) is 17.0. The summed E-state index contributed by atoms with van der Waals surface area (Å²) in [4.78, 5) is 13.6. The van der Waals surface area contributed by atoms with E-state index >= 15 is 4.57 Å². The zero-order valence-corrected chi connectivity index (χ0v) is 34.2. The number of carbonyl (C=O) groups excluding carboxylic acids is 1. The maximum absolute atomic E-state index is 15.3. The van der Waals surface area contributed by atoms with Crippen molar-refractivity contribution in [3.63, 3.8) is 0 Å². The lowest BCUT2D eigenvalue weighted by molar-refractivity contribution is 0.107. The Labute approximate surface area is 326 Å². The molecule has 3 nitrogen and oxygen atoms in total. The highest BCUT2D eigenvalue weighted by atomic mass is 31.2. The number of hydrogen-bond acceptors (Lipinski definition) is 3. The van der Waals surface area contributed by atoms with Crippen molar-refractivity contribution < 1.29 is 13.9 Å².